The molecule has 0 N–H and O–H groups in total. The number of hydrogen-bond acceptors (Lipinski definition) is 5. The lowest BCUT2D eigenvalue weighted by Gasteiger charge is -1.98. The molecule has 1 heterocycles. The summed E-state index contributed by atoms with van der Waals surface area (Å²) in [6.07, 6.45) is -3.35. The van der Waals surface area contributed by atoms with E-state index in [-0.39, 0.29) is 10.3 Å². The zero-order valence-electron chi connectivity index (χ0n) is 9.65. The quantitative estimate of drug-likeness (QED) is 0.839. The summed E-state index contributed by atoms with van der Waals surface area (Å²) in [6.45, 7) is 3.63. The van der Waals surface area contributed by atoms with Crippen molar-refractivity contribution in [3.8, 4) is 0 Å². The van der Waals surface area contributed by atoms with E-state index in [1.807, 2.05) is 13.8 Å². The van der Waals surface area contributed by atoms with Crippen molar-refractivity contribution >= 4 is 21.2 Å². The van der Waals surface area contributed by atoms with Gasteiger partial charge in [-0.2, -0.15) is 8.78 Å². The van der Waals surface area contributed by atoms with Crippen LogP contribution in [0.2, 0.25) is 0 Å². The van der Waals surface area contributed by atoms with Gasteiger partial charge in [0, 0.05) is 12.3 Å². The third-order valence-electron chi connectivity index (χ3n) is 1.98. The molecule has 0 unspecified atom stereocenters. The van der Waals surface area contributed by atoms with Crippen LogP contribution in [0, 0.1) is 0 Å². The number of sulfone groups is 1. The van der Waals surface area contributed by atoms with Crippen LogP contribution in [-0.4, -0.2) is 24.4 Å². The van der Waals surface area contributed by atoms with E-state index in [0.29, 0.717) is 5.01 Å². The lowest BCUT2D eigenvalue weighted by molar-refractivity contribution is 0.373. The number of allylic oxidation sites excluding steroid dienone is 1. The minimum absolute atomic E-state index is 0.0198. The van der Waals surface area contributed by atoms with Gasteiger partial charge in [0.2, 0.25) is 14.2 Å². The molecule has 0 aliphatic heterocycles. The van der Waals surface area contributed by atoms with Crippen molar-refractivity contribution in [1.29, 1.82) is 0 Å². The van der Waals surface area contributed by atoms with Crippen molar-refractivity contribution in [2.75, 3.05) is 5.75 Å². The first-order valence-electron chi connectivity index (χ1n) is 5.00. The molecule has 0 fully saturated rings. The molecular weight excluding hydrogens is 289 g/mol. The summed E-state index contributed by atoms with van der Waals surface area (Å²) in [5.41, 5.74) is 0. The maximum absolute atomic E-state index is 12.5. The molecule has 0 bridgehead atoms. The molecule has 1 aromatic rings. The summed E-state index contributed by atoms with van der Waals surface area (Å²) in [5.74, 6) is -2.44. The van der Waals surface area contributed by atoms with E-state index in [2.05, 4.69) is 10.2 Å². The van der Waals surface area contributed by atoms with Crippen molar-refractivity contribution in [2.24, 2.45) is 0 Å². The summed E-state index contributed by atoms with van der Waals surface area (Å²) >= 11 is 0.872. The average molecular weight is 300 g/mol. The fraction of sp³-hybridized carbons (Fsp3) is 0.556. The van der Waals surface area contributed by atoms with Crippen molar-refractivity contribution in [1.82, 2.24) is 10.2 Å². The van der Waals surface area contributed by atoms with Crippen LogP contribution in [0.25, 0.3) is 0 Å². The number of halogens is 3. The molecule has 1 rings (SSSR count). The number of hydrogen-bond donors (Lipinski definition) is 0. The number of rotatable bonds is 5. The fourth-order valence-corrected chi connectivity index (χ4v) is 3.36. The Morgan fingerprint density at radius 2 is 1.89 bits per heavy atom. The van der Waals surface area contributed by atoms with E-state index in [4.69, 9.17) is 0 Å². The summed E-state index contributed by atoms with van der Waals surface area (Å²) in [7, 11) is -3.86. The van der Waals surface area contributed by atoms with Crippen LogP contribution in [0.5, 0.6) is 0 Å². The highest BCUT2D eigenvalue weighted by molar-refractivity contribution is 7.93. The highest BCUT2D eigenvalue weighted by Gasteiger charge is 2.22. The molecule has 0 saturated carbocycles. The highest BCUT2D eigenvalue weighted by Crippen LogP contribution is 2.24. The van der Waals surface area contributed by atoms with Gasteiger partial charge >= 0.3 is 6.08 Å². The van der Waals surface area contributed by atoms with Crippen LogP contribution in [0.4, 0.5) is 13.2 Å². The molecule has 0 radical (unpaired) electrons. The van der Waals surface area contributed by atoms with Gasteiger partial charge in [-0.05, 0) is 0 Å². The molecule has 1 aromatic heterocycles. The second-order valence-corrected chi connectivity index (χ2v) is 7.09. The van der Waals surface area contributed by atoms with E-state index in [0.717, 1.165) is 11.3 Å². The predicted molar refractivity (Wildman–Crippen MR) is 61.0 cm³/mol. The Morgan fingerprint density at radius 3 is 2.33 bits per heavy atom. The first-order chi connectivity index (χ1) is 8.24. The highest BCUT2D eigenvalue weighted by atomic mass is 32.2. The molecule has 0 atom stereocenters. The third-order valence-corrected chi connectivity index (χ3v) is 5.36. The van der Waals surface area contributed by atoms with Crippen LogP contribution >= 0.6 is 11.3 Å². The molecule has 102 valence electrons. The Bertz CT molecular complexity index is 548. The van der Waals surface area contributed by atoms with Crippen LogP contribution < -0.4 is 0 Å². The Hall–Kier alpha value is -0.960. The normalized spacial score (nSPS) is 11.9. The van der Waals surface area contributed by atoms with Crippen LogP contribution in [0.1, 0.15) is 31.2 Å². The third kappa shape index (κ3) is 3.77. The molecule has 0 aliphatic rings. The van der Waals surface area contributed by atoms with Crippen molar-refractivity contribution < 1.29 is 21.6 Å². The van der Waals surface area contributed by atoms with Gasteiger partial charge in [0.15, 0.2) is 5.83 Å². The van der Waals surface area contributed by atoms with Crippen molar-refractivity contribution in [2.45, 2.75) is 30.5 Å². The Labute approximate surface area is 106 Å². The Balaban J connectivity index is 2.84. The lowest BCUT2D eigenvalue weighted by atomic mass is 10.2. The number of nitrogens with zero attached hydrogens (tertiary/aromatic N) is 2. The van der Waals surface area contributed by atoms with E-state index >= 15 is 0 Å². The van der Waals surface area contributed by atoms with Gasteiger partial charge < -0.3 is 0 Å². The number of aromatic nitrogens is 2. The molecule has 0 aromatic carbocycles. The van der Waals surface area contributed by atoms with Crippen LogP contribution in [0.15, 0.2) is 16.2 Å². The second kappa shape index (κ2) is 5.79. The summed E-state index contributed by atoms with van der Waals surface area (Å²) < 4.78 is 59.2. The molecule has 0 saturated heterocycles. The SMILES string of the molecule is CC(C)c1nnc(S(=O)(=O)CCC(F)=C(F)F)s1. The second-order valence-electron chi connectivity index (χ2n) is 3.80. The first-order valence-corrected chi connectivity index (χ1v) is 7.46. The summed E-state index contributed by atoms with van der Waals surface area (Å²) in [6, 6.07) is 0. The van der Waals surface area contributed by atoms with Crippen LogP contribution in [-0.2, 0) is 9.84 Å². The lowest BCUT2D eigenvalue weighted by Crippen LogP contribution is -2.06. The molecule has 0 amide bonds. The standard InChI is InChI=1S/C9H11F3N2O2S2/c1-5(2)8-13-14-9(17-8)18(15,16)4-3-6(10)7(11)12/h5H,3-4H2,1-2H3. The molecule has 4 nitrogen and oxygen atoms in total. The predicted octanol–water partition coefficient (Wildman–Crippen LogP) is 2.90. The van der Waals surface area contributed by atoms with Gasteiger partial charge in [0.1, 0.15) is 5.01 Å². The van der Waals surface area contributed by atoms with Crippen molar-refractivity contribution in [3.05, 3.63) is 16.9 Å². The van der Waals surface area contributed by atoms with Gasteiger partial charge in [0.25, 0.3) is 0 Å². The molecular formula is C9H11F3N2O2S2. The molecule has 18 heavy (non-hydrogen) atoms. The van der Waals surface area contributed by atoms with Gasteiger partial charge in [-0.3, -0.25) is 0 Å². The minimum atomic E-state index is -3.86. The zero-order chi connectivity index (χ0) is 13.9. The van der Waals surface area contributed by atoms with Gasteiger partial charge in [-0.25, -0.2) is 12.8 Å². The first kappa shape index (κ1) is 15.1. The Morgan fingerprint density at radius 1 is 1.28 bits per heavy atom. The van der Waals surface area contributed by atoms with Gasteiger partial charge in [-0.1, -0.05) is 25.2 Å². The largest absolute Gasteiger partial charge is 0.301 e. The molecule has 9 heteroatoms. The van der Waals surface area contributed by atoms with Crippen LogP contribution in [0.3, 0.4) is 0 Å². The average Bonchev–Trinajstić information content (AvgIpc) is 2.75. The maximum Gasteiger partial charge on any atom is 0.301 e. The van der Waals surface area contributed by atoms with E-state index in [1.54, 1.807) is 0 Å². The van der Waals surface area contributed by atoms with E-state index < -0.39 is 33.9 Å². The minimum Gasteiger partial charge on any atom is -0.221 e. The van der Waals surface area contributed by atoms with Gasteiger partial charge in [-0.15, -0.1) is 10.2 Å². The summed E-state index contributed by atoms with van der Waals surface area (Å²) in [5, 5.41) is 7.70. The van der Waals surface area contributed by atoms with Crippen molar-refractivity contribution in [3.63, 3.8) is 0 Å². The Kier molecular flexibility index (Phi) is 4.85. The zero-order valence-corrected chi connectivity index (χ0v) is 11.3. The smallest absolute Gasteiger partial charge is 0.221 e. The fourth-order valence-electron chi connectivity index (χ4n) is 0.985. The molecule has 0 aliphatic carbocycles. The van der Waals surface area contributed by atoms with E-state index in [1.165, 1.54) is 0 Å². The monoisotopic (exact) mass is 300 g/mol. The van der Waals surface area contributed by atoms with Gasteiger partial charge in [0.05, 0.1) is 5.75 Å². The topological polar surface area (TPSA) is 59.9 Å². The van der Waals surface area contributed by atoms with E-state index in [9.17, 15) is 21.6 Å². The maximum atomic E-state index is 12.5. The molecule has 0 spiro atoms. The summed E-state index contributed by atoms with van der Waals surface area (Å²) in [4.78, 5) is 0.